The molecule has 0 unspecified atom stereocenters. The van der Waals surface area contributed by atoms with E-state index >= 15 is 0 Å². The highest BCUT2D eigenvalue weighted by molar-refractivity contribution is 6.32. The molecule has 0 fully saturated rings. The summed E-state index contributed by atoms with van der Waals surface area (Å²) in [7, 11) is 0. The van der Waals surface area contributed by atoms with Crippen molar-refractivity contribution in [3.05, 3.63) is 40.9 Å². The number of aliphatic carboxylic acids is 1. The van der Waals surface area contributed by atoms with Crippen LogP contribution < -0.4 is 0 Å². The Morgan fingerprint density at radius 3 is 2.57 bits per heavy atom. The fourth-order valence-corrected chi connectivity index (χ4v) is 2.09. The predicted molar refractivity (Wildman–Crippen MR) is 84.2 cm³/mol. The lowest BCUT2D eigenvalue weighted by atomic mass is 10.2. The van der Waals surface area contributed by atoms with Crippen molar-refractivity contribution in [3.8, 4) is 0 Å². The average molecular weight is 310 g/mol. The summed E-state index contributed by atoms with van der Waals surface area (Å²) in [6.45, 7) is 4.24. The van der Waals surface area contributed by atoms with Gasteiger partial charge in [-0.1, -0.05) is 29.8 Å². The van der Waals surface area contributed by atoms with Gasteiger partial charge in [-0.05, 0) is 38.0 Å². The third kappa shape index (κ3) is 6.00. The Hall–Kier alpha value is -1.81. The van der Waals surface area contributed by atoms with Crippen molar-refractivity contribution in [1.29, 1.82) is 0 Å². The lowest BCUT2D eigenvalue weighted by molar-refractivity contribution is -0.138. The van der Waals surface area contributed by atoms with Gasteiger partial charge in [0.15, 0.2) is 0 Å². The van der Waals surface area contributed by atoms with Gasteiger partial charge in [-0.25, -0.2) is 0 Å². The maximum Gasteiger partial charge on any atom is 0.303 e. The van der Waals surface area contributed by atoms with Gasteiger partial charge in [0, 0.05) is 30.1 Å². The summed E-state index contributed by atoms with van der Waals surface area (Å²) in [6.07, 6.45) is 3.66. The fraction of sp³-hybridized carbons (Fsp3) is 0.375. The molecule has 0 spiro atoms. The van der Waals surface area contributed by atoms with Gasteiger partial charge in [0.2, 0.25) is 5.91 Å². The average Bonchev–Trinajstić information content (AvgIpc) is 2.41. The third-order valence-electron chi connectivity index (χ3n) is 3.01. The van der Waals surface area contributed by atoms with Gasteiger partial charge in [0.05, 0.1) is 0 Å². The Kier molecular flexibility index (Phi) is 6.96. The van der Waals surface area contributed by atoms with Crippen LogP contribution in [0.15, 0.2) is 30.3 Å². The van der Waals surface area contributed by atoms with E-state index in [-0.39, 0.29) is 18.4 Å². The SMILES string of the molecule is CC(C)N(CCCC(=O)O)C(=O)/C=C/c1ccccc1Cl. The normalized spacial score (nSPS) is 11.0. The Labute approximate surface area is 130 Å². The lowest BCUT2D eigenvalue weighted by Crippen LogP contribution is -2.36. The number of rotatable bonds is 7. The Balaban J connectivity index is 2.69. The second-order valence-corrected chi connectivity index (χ2v) is 5.38. The zero-order chi connectivity index (χ0) is 15.8. The molecular formula is C16H20ClNO3. The molecule has 0 radical (unpaired) electrons. The number of hydrogen-bond donors (Lipinski definition) is 1. The number of nitrogens with zero attached hydrogens (tertiary/aromatic N) is 1. The molecule has 114 valence electrons. The van der Waals surface area contributed by atoms with Gasteiger partial charge >= 0.3 is 5.97 Å². The molecule has 5 heteroatoms. The zero-order valence-electron chi connectivity index (χ0n) is 12.3. The second-order valence-electron chi connectivity index (χ2n) is 4.98. The van der Waals surface area contributed by atoms with E-state index in [0.717, 1.165) is 5.56 Å². The van der Waals surface area contributed by atoms with E-state index in [0.29, 0.717) is 18.0 Å². The molecule has 0 aliphatic rings. The molecule has 1 aromatic carbocycles. The van der Waals surface area contributed by atoms with E-state index in [4.69, 9.17) is 16.7 Å². The van der Waals surface area contributed by atoms with Crippen molar-refractivity contribution in [3.63, 3.8) is 0 Å². The number of carboxylic acid groups (broad SMARTS) is 1. The van der Waals surface area contributed by atoms with Crippen LogP contribution in [0.5, 0.6) is 0 Å². The summed E-state index contributed by atoms with van der Waals surface area (Å²) in [5, 5.41) is 9.24. The maximum atomic E-state index is 12.2. The first-order valence-corrected chi connectivity index (χ1v) is 7.24. The summed E-state index contributed by atoms with van der Waals surface area (Å²) in [6, 6.07) is 7.29. The monoisotopic (exact) mass is 309 g/mol. The highest BCUT2D eigenvalue weighted by Gasteiger charge is 2.14. The van der Waals surface area contributed by atoms with E-state index in [1.807, 2.05) is 32.0 Å². The molecule has 4 nitrogen and oxygen atoms in total. The number of benzene rings is 1. The van der Waals surface area contributed by atoms with E-state index in [9.17, 15) is 9.59 Å². The summed E-state index contributed by atoms with van der Waals surface area (Å²) in [5.41, 5.74) is 0.779. The van der Waals surface area contributed by atoms with E-state index in [2.05, 4.69) is 0 Å². The van der Waals surface area contributed by atoms with Crippen molar-refractivity contribution in [1.82, 2.24) is 4.90 Å². The summed E-state index contributed by atoms with van der Waals surface area (Å²) >= 11 is 6.03. The highest BCUT2D eigenvalue weighted by atomic mass is 35.5. The molecule has 1 rings (SSSR count). The third-order valence-corrected chi connectivity index (χ3v) is 3.35. The summed E-state index contributed by atoms with van der Waals surface area (Å²) in [4.78, 5) is 24.4. The smallest absolute Gasteiger partial charge is 0.303 e. The lowest BCUT2D eigenvalue weighted by Gasteiger charge is -2.25. The Bertz CT molecular complexity index is 526. The van der Waals surface area contributed by atoms with Crippen LogP contribution in [0.4, 0.5) is 0 Å². The van der Waals surface area contributed by atoms with Crippen LogP contribution in [0.2, 0.25) is 5.02 Å². The van der Waals surface area contributed by atoms with Crippen molar-refractivity contribution >= 4 is 29.6 Å². The van der Waals surface area contributed by atoms with E-state index in [1.54, 1.807) is 17.0 Å². The topological polar surface area (TPSA) is 57.6 Å². The van der Waals surface area contributed by atoms with Gasteiger partial charge in [0.25, 0.3) is 0 Å². The van der Waals surface area contributed by atoms with Crippen LogP contribution in [-0.4, -0.2) is 34.5 Å². The molecule has 1 N–H and O–H groups in total. The van der Waals surface area contributed by atoms with Crippen LogP contribution in [0, 0.1) is 0 Å². The molecule has 1 aromatic rings. The number of halogens is 1. The molecule has 1 amide bonds. The number of amides is 1. The molecule has 0 aliphatic carbocycles. The second kappa shape index (κ2) is 8.47. The van der Waals surface area contributed by atoms with Gasteiger partial charge in [-0.15, -0.1) is 0 Å². The van der Waals surface area contributed by atoms with Gasteiger partial charge in [0.1, 0.15) is 0 Å². The Morgan fingerprint density at radius 2 is 2.00 bits per heavy atom. The molecular weight excluding hydrogens is 290 g/mol. The zero-order valence-corrected chi connectivity index (χ0v) is 13.0. The van der Waals surface area contributed by atoms with Gasteiger partial charge < -0.3 is 10.0 Å². The minimum atomic E-state index is -0.849. The quantitative estimate of drug-likeness (QED) is 0.785. The molecule has 0 bridgehead atoms. The highest BCUT2D eigenvalue weighted by Crippen LogP contribution is 2.16. The van der Waals surface area contributed by atoms with Crippen molar-refractivity contribution in [2.24, 2.45) is 0 Å². The van der Waals surface area contributed by atoms with Crippen LogP contribution in [0.1, 0.15) is 32.3 Å². The predicted octanol–water partition coefficient (Wildman–Crippen LogP) is 3.46. The number of carbonyl (C=O) groups is 2. The molecule has 0 atom stereocenters. The van der Waals surface area contributed by atoms with Crippen LogP contribution in [0.3, 0.4) is 0 Å². The first kappa shape index (κ1) is 17.2. The maximum absolute atomic E-state index is 12.2. The largest absolute Gasteiger partial charge is 0.481 e. The Morgan fingerprint density at radius 1 is 1.33 bits per heavy atom. The molecule has 0 heterocycles. The minimum Gasteiger partial charge on any atom is -0.481 e. The number of carbonyl (C=O) groups excluding carboxylic acids is 1. The van der Waals surface area contributed by atoms with Gasteiger partial charge in [-0.2, -0.15) is 0 Å². The molecule has 0 saturated heterocycles. The van der Waals surface area contributed by atoms with Gasteiger partial charge in [-0.3, -0.25) is 9.59 Å². The molecule has 0 aromatic heterocycles. The fourth-order valence-electron chi connectivity index (χ4n) is 1.89. The first-order chi connectivity index (χ1) is 9.91. The van der Waals surface area contributed by atoms with Crippen molar-refractivity contribution < 1.29 is 14.7 Å². The first-order valence-electron chi connectivity index (χ1n) is 6.87. The molecule has 0 saturated carbocycles. The summed E-state index contributed by atoms with van der Waals surface area (Å²) in [5.74, 6) is -0.993. The van der Waals surface area contributed by atoms with E-state index in [1.165, 1.54) is 6.08 Å². The number of hydrogen-bond acceptors (Lipinski definition) is 2. The number of carboxylic acids is 1. The van der Waals surface area contributed by atoms with Crippen molar-refractivity contribution in [2.45, 2.75) is 32.7 Å². The standard InChI is InChI=1S/C16H20ClNO3/c1-12(2)18(11-5-8-16(20)21)15(19)10-9-13-6-3-4-7-14(13)17/h3-4,6-7,9-10,12H,5,8,11H2,1-2H3,(H,20,21)/b10-9+. The minimum absolute atomic E-state index is 0.0159. The molecule has 0 aliphatic heterocycles. The van der Waals surface area contributed by atoms with Crippen LogP contribution >= 0.6 is 11.6 Å². The summed E-state index contributed by atoms with van der Waals surface area (Å²) < 4.78 is 0. The molecule has 21 heavy (non-hydrogen) atoms. The van der Waals surface area contributed by atoms with Crippen molar-refractivity contribution in [2.75, 3.05) is 6.54 Å². The van der Waals surface area contributed by atoms with Crippen LogP contribution in [0.25, 0.3) is 6.08 Å². The van der Waals surface area contributed by atoms with Crippen LogP contribution in [-0.2, 0) is 9.59 Å². The van der Waals surface area contributed by atoms with E-state index < -0.39 is 5.97 Å².